The standard InChI is InChI=1S/C20H20N4O/c1-25-22-16(12-21)18-11-13-5-4-9-23-10-8-15-14-6-2-3-7-17(14)24(18)20(15)19(13)23/h2-3,6-7,11,13,19H,4-5,8-10H2,1H3/b22-16+/t13?,19-/m0/s1. The lowest BCUT2D eigenvalue weighted by Crippen LogP contribution is -2.45. The van der Waals surface area contributed by atoms with Crippen molar-refractivity contribution in [3.8, 4) is 6.07 Å². The molecule has 5 heteroatoms. The van der Waals surface area contributed by atoms with Crippen LogP contribution < -0.4 is 0 Å². The van der Waals surface area contributed by atoms with Gasteiger partial charge in [0.1, 0.15) is 13.2 Å². The van der Waals surface area contributed by atoms with Gasteiger partial charge in [-0.3, -0.25) is 4.90 Å². The average Bonchev–Trinajstić information content (AvgIpc) is 3.00. The summed E-state index contributed by atoms with van der Waals surface area (Å²) < 4.78 is 2.27. The van der Waals surface area contributed by atoms with Gasteiger partial charge in [0.05, 0.1) is 17.3 Å². The van der Waals surface area contributed by atoms with Gasteiger partial charge in [-0.15, -0.1) is 0 Å². The summed E-state index contributed by atoms with van der Waals surface area (Å²) in [5.41, 5.74) is 5.22. The van der Waals surface area contributed by atoms with E-state index >= 15 is 0 Å². The lowest BCUT2D eigenvalue weighted by molar-refractivity contribution is 0.0978. The molecule has 2 atom stereocenters. The lowest BCUT2D eigenvalue weighted by atomic mass is 9.80. The Morgan fingerprint density at radius 2 is 2.20 bits per heavy atom. The van der Waals surface area contributed by atoms with Crippen molar-refractivity contribution in [2.24, 2.45) is 11.1 Å². The monoisotopic (exact) mass is 332 g/mol. The largest absolute Gasteiger partial charge is 0.398 e. The number of hydrogen-bond donors (Lipinski definition) is 0. The highest BCUT2D eigenvalue weighted by molar-refractivity contribution is 6.28. The van der Waals surface area contributed by atoms with Crippen molar-refractivity contribution < 1.29 is 4.84 Å². The van der Waals surface area contributed by atoms with E-state index in [-0.39, 0.29) is 0 Å². The smallest absolute Gasteiger partial charge is 0.203 e. The van der Waals surface area contributed by atoms with Crippen LogP contribution in [0.1, 0.15) is 30.1 Å². The fraction of sp³-hybridized carbons (Fsp3) is 0.400. The third-order valence-electron chi connectivity index (χ3n) is 5.88. The van der Waals surface area contributed by atoms with E-state index in [4.69, 9.17) is 4.84 Å². The lowest BCUT2D eigenvalue weighted by Gasteiger charge is -2.46. The number of hydrogen-bond acceptors (Lipinski definition) is 4. The number of benzene rings is 1. The van der Waals surface area contributed by atoms with Crippen LogP contribution in [0.2, 0.25) is 0 Å². The van der Waals surface area contributed by atoms with Crippen molar-refractivity contribution in [2.75, 3.05) is 20.2 Å². The van der Waals surface area contributed by atoms with Crippen LogP contribution in [-0.2, 0) is 11.3 Å². The molecular formula is C20H20N4O. The molecule has 0 aliphatic carbocycles. The average molecular weight is 332 g/mol. The van der Waals surface area contributed by atoms with E-state index in [0.29, 0.717) is 17.7 Å². The van der Waals surface area contributed by atoms with Crippen LogP contribution in [0.15, 0.2) is 35.5 Å². The van der Waals surface area contributed by atoms with Crippen molar-refractivity contribution in [3.63, 3.8) is 0 Å². The summed E-state index contributed by atoms with van der Waals surface area (Å²) in [5, 5.41) is 15.0. The number of nitriles is 1. The van der Waals surface area contributed by atoms with Gasteiger partial charge in [0.2, 0.25) is 5.71 Å². The molecule has 3 aliphatic heterocycles. The second-order valence-electron chi connectivity index (χ2n) is 7.04. The SMILES string of the molecule is CO/N=C(\C#N)C1=CC2CCCN3CCc4c(n1c1ccccc41)[C@H]23. The summed E-state index contributed by atoms with van der Waals surface area (Å²) in [5.74, 6) is 0.440. The van der Waals surface area contributed by atoms with Gasteiger partial charge in [0.15, 0.2) is 0 Å². The highest BCUT2D eigenvalue weighted by Gasteiger charge is 2.42. The van der Waals surface area contributed by atoms with Crippen molar-refractivity contribution in [1.29, 1.82) is 5.26 Å². The number of para-hydroxylation sites is 1. The normalized spacial score (nSPS) is 25.3. The summed E-state index contributed by atoms with van der Waals surface area (Å²) in [7, 11) is 1.50. The first kappa shape index (κ1) is 14.7. The van der Waals surface area contributed by atoms with Crippen molar-refractivity contribution in [1.82, 2.24) is 9.47 Å². The Hall–Kier alpha value is -2.58. The first-order valence-corrected chi connectivity index (χ1v) is 8.93. The first-order valence-electron chi connectivity index (χ1n) is 8.93. The van der Waals surface area contributed by atoms with E-state index in [1.807, 2.05) is 0 Å². The third kappa shape index (κ3) is 1.95. The van der Waals surface area contributed by atoms with Crippen LogP contribution in [0.5, 0.6) is 0 Å². The summed E-state index contributed by atoms with van der Waals surface area (Å²) >= 11 is 0. The van der Waals surface area contributed by atoms with Gasteiger partial charge in [-0.05, 0) is 37.4 Å². The Morgan fingerprint density at radius 3 is 3.04 bits per heavy atom. The molecule has 0 radical (unpaired) electrons. The van der Waals surface area contributed by atoms with Crippen molar-refractivity contribution >= 4 is 22.3 Å². The maximum atomic E-state index is 9.65. The molecule has 4 heterocycles. The van der Waals surface area contributed by atoms with Crippen molar-refractivity contribution in [3.05, 3.63) is 41.6 Å². The molecule has 3 aliphatic rings. The Labute approximate surface area is 146 Å². The second kappa shape index (κ2) is 5.47. The summed E-state index contributed by atoms with van der Waals surface area (Å²) in [6.07, 6.45) is 5.70. The predicted molar refractivity (Wildman–Crippen MR) is 97.0 cm³/mol. The molecule has 1 saturated heterocycles. The number of aromatic nitrogens is 1. The summed E-state index contributed by atoms with van der Waals surface area (Å²) in [4.78, 5) is 7.58. The van der Waals surface area contributed by atoms with E-state index in [2.05, 4.69) is 51.0 Å². The number of allylic oxidation sites excluding steroid dienone is 1. The molecule has 1 aromatic heterocycles. The fourth-order valence-electron chi connectivity index (χ4n) is 4.99. The molecule has 25 heavy (non-hydrogen) atoms. The maximum Gasteiger partial charge on any atom is 0.203 e. The molecule has 1 aromatic carbocycles. The fourth-order valence-corrected chi connectivity index (χ4v) is 4.99. The molecule has 0 bridgehead atoms. The molecule has 5 rings (SSSR count). The Balaban J connectivity index is 1.85. The van der Waals surface area contributed by atoms with Gasteiger partial charge >= 0.3 is 0 Å². The van der Waals surface area contributed by atoms with Crippen LogP contribution >= 0.6 is 0 Å². The van der Waals surface area contributed by atoms with Gasteiger partial charge in [-0.1, -0.05) is 29.4 Å². The summed E-state index contributed by atoms with van der Waals surface area (Å²) in [6.45, 7) is 2.30. The zero-order valence-corrected chi connectivity index (χ0v) is 14.3. The maximum absolute atomic E-state index is 9.65. The molecule has 1 unspecified atom stereocenters. The van der Waals surface area contributed by atoms with Crippen LogP contribution in [0.3, 0.4) is 0 Å². The minimum absolute atomic E-state index is 0.354. The molecule has 2 aromatic rings. The molecule has 126 valence electrons. The van der Waals surface area contributed by atoms with Gasteiger partial charge < -0.3 is 9.40 Å². The Morgan fingerprint density at radius 1 is 1.32 bits per heavy atom. The first-order chi connectivity index (χ1) is 12.3. The molecule has 0 spiro atoms. The minimum atomic E-state index is 0.354. The van der Waals surface area contributed by atoms with E-state index in [1.165, 1.54) is 42.2 Å². The highest BCUT2D eigenvalue weighted by Crippen LogP contribution is 2.49. The zero-order chi connectivity index (χ0) is 17.0. The van der Waals surface area contributed by atoms with Gasteiger partial charge in [-0.2, -0.15) is 5.26 Å². The Bertz CT molecular complexity index is 962. The zero-order valence-electron chi connectivity index (χ0n) is 14.3. The van der Waals surface area contributed by atoms with E-state index in [1.54, 1.807) is 0 Å². The topological polar surface area (TPSA) is 53.5 Å². The van der Waals surface area contributed by atoms with Gasteiger partial charge in [0.25, 0.3) is 0 Å². The number of fused-ring (bicyclic) bond motifs is 3. The number of nitrogens with zero attached hydrogens (tertiary/aromatic N) is 4. The highest BCUT2D eigenvalue weighted by atomic mass is 16.6. The molecule has 5 nitrogen and oxygen atoms in total. The molecule has 1 fully saturated rings. The number of rotatable bonds is 2. The third-order valence-corrected chi connectivity index (χ3v) is 5.88. The van der Waals surface area contributed by atoms with E-state index in [0.717, 1.165) is 25.1 Å². The minimum Gasteiger partial charge on any atom is -0.398 e. The second-order valence-corrected chi connectivity index (χ2v) is 7.04. The number of piperidine rings is 1. The molecule has 0 amide bonds. The van der Waals surface area contributed by atoms with Gasteiger partial charge in [0, 0.05) is 23.5 Å². The van der Waals surface area contributed by atoms with E-state index < -0.39 is 0 Å². The quantitative estimate of drug-likeness (QED) is 0.626. The molecule has 0 N–H and O–H groups in total. The van der Waals surface area contributed by atoms with Crippen LogP contribution in [0.25, 0.3) is 16.6 Å². The van der Waals surface area contributed by atoms with E-state index in [9.17, 15) is 5.26 Å². The molecular weight excluding hydrogens is 312 g/mol. The summed E-state index contributed by atoms with van der Waals surface area (Å²) in [6, 6.07) is 11.2. The number of oxime groups is 1. The van der Waals surface area contributed by atoms with Crippen LogP contribution in [0, 0.1) is 17.2 Å². The molecule has 0 saturated carbocycles. The Kier molecular flexibility index (Phi) is 3.22. The van der Waals surface area contributed by atoms with Crippen LogP contribution in [0.4, 0.5) is 0 Å². The predicted octanol–water partition coefficient (Wildman–Crippen LogP) is 3.33. The van der Waals surface area contributed by atoms with Crippen LogP contribution in [-0.4, -0.2) is 35.4 Å². The van der Waals surface area contributed by atoms with Crippen molar-refractivity contribution in [2.45, 2.75) is 25.3 Å². The van der Waals surface area contributed by atoms with Gasteiger partial charge in [-0.25, -0.2) is 0 Å².